The Morgan fingerprint density at radius 1 is 1.77 bits per heavy atom. The van der Waals surface area contributed by atoms with E-state index in [0.717, 1.165) is 0 Å². The minimum Gasteiger partial charge on any atom is -0.344 e. The fraction of sp³-hybridized carbons (Fsp3) is 0.750. The van der Waals surface area contributed by atoms with Crippen LogP contribution < -0.4 is 11.1 Å². The highest BCUT2D eigenvalue weighted by molar-refractivity contribution is 5.88. The monoisotopic (exact) mass is 185 g/mol. The van der Waals surface area contributed by atoms with E-state index >= 15 is 0 Å². The van der Waals surface area contributed by atoms with Gasteiger partial charge in [0.15, 0.2) is 0 Å². The summed E-state index contributed by atoms with van der Waals surface area (Å²) >= 11 is 0. The Morgan fingerprint density at radius 2 is 2.46 bits per heavy atom. The maximum Gasteiger partial charge on any atom is 0.244 e. The van der Waals surface area contributed by atoms with Gasteiger partial charge in [0.05, 0.1) is 0 Å². The van der Waals surface area contributed by atoms with Crippen molar-refractivity contribution in [2.45, 2.75) is 18.9 Å². The SMILES string of the molecule is CN1CCC(NC(=O)CCN)C1=O. The minimum absolute atomic E-state index is 0.00892. The molecule has 1 heterocycles. The minimum atomic E-state index is -0.330. The van der Waals surface area contributed by atoms with Crippen molar-refractivity contribution < 1.29 is 9.59 Å². The molecule has 0 aromatic carbocycles. The molecule has 3 N–H and O–H groups in total. The average Bonchev–Trinajstić information content (AvgIpc) is 2.37. The van der Waals surface area contributed by atoms with E-state index in [-0.39, 0.29) is 24.3 Å². The first-order valence-electron chi connectivity index (χ1n) is 4.39. The van der Waals surface area contributed by atoms with Gasteiger partial charge >= 0.3 is 0 Å². The molecule has 2 amide bonds. The molecule has 1 aliphatic heterocycles. The summed E-state index contributed by atoms with van der Waals surface area (Å²) in [6.45, 7) is 1.04. The topological polar surface area (TPSA) is 75.4 Å². The third kappa shape index (κ3) is 2.42. The fourth-order valence-electron chi connectivity index (χ4n) is 1.35. The predicted molar refractivity (Wildman–Crippen MR) is 47.9 cm³/mol. The van der Waals surface area contributed by atoms with Crippen LogP contribution in [-0.4, -0.2) is 42.9 Å². The van der Waals surface area contributed by atoms with E-state index in [1.54, 1.807) is 11.9 Å². The van der Waals surface area contributed by atoms with Gasteiger partial charge in [-0.15, -0.1) is 0 Å². The second-order valence-corrected chi connectivity index (χ2v) is 3.21. The zero-order valence-electron chi connectivity index (χ0n) is 7.75. The number of likely N-dealkylation sites (tertiary alicyclic amines) is 1. The number of rotatable bonds is 3. The van der Waals surface area contributed by atoms with Crippen molar-refractivity contribution in [3.63, 3.8) is 0 Å². The average molecular weight is 185 g/mol. The van der Waals surface area contributed by atoms with E-state index in [1.165, 1.54) is 0 Å². The molecule has 0 saturated carbocycles. The van der Waals surface area contributed by atoms with Crippen LogP contribution in [0.25, 0.3) is 0 Å². The summed E-state index contributed by atoms with van der Waals surface area (Å²) in [4.78, 5) is 24.0. The van der Waals surface area contributed by atoms with E-state index in [0.29, 0.717) is 19.5 Å². The summed E-state index contributed by atoms with van der Waals surface area (Å²) in [6, 6.07) is -0.330. The standard InChI is InChI=1S/C8H15N3O2/c1-11-5-3-6(8(11)13)10-7(12)2-4-9/h6H,2-5,9H2,1H3,(H,10,12). The number of nitrogens with zero attached hydrogens (tertiary/aromatic N) is 1. The van der Waals surface area contributed by atoms with Crippen molar-refractivity contribution in [1.82, 2.24) is 10.2 Å². The van der Waals surface area contributed by atoms with Crippen LogP contribution >= 0.6 is 0 Å². The van der Waals surface area contributed by atoms with Crippen molar-refractivity contribution in [2.24, 2.45) is 5.73 Å². The Hall–Kier alpha value is -1.10. The Labute approximate surface area is 77.3 Å². The number of nitrogens with one attached hydrogen (secondary N) is 1. The Kier molecular flexibility index (Phi) is 3.25. The molecule has 1 atom stereocenters. The summed E-state index contributed by atoms with van der Waals surface area (Å²) in [5, 5.41) is 2.65. The summed E-state index contributed by atoms with van der Waals surface area (Å²) < 4.78 is 0. The molecule has 0 radical (unpaired) electrons. The summed E-state index contributed by atoms with van der Waals surface area (Å²) in [6.07, 6.45) is 0.985. The normalized spacial score (nSPS) is 22.2. The highest BCUT2D eigenvalue weighted by atomic mass is 16.2. The second kappa shape index (κ2) is 4.23. The number of nitrogens with two attached hydrogens (primary N) is 1. The summed E-state index contributed by atoms with van der Waals surface area (Å²) in [7, 11) is 1.73. The molecule has 74 valence electrons. The van der Waals surface area contributed by atoms with Gasteiger partial charge in [-0.2, -0.15) is 0 Å². The summed E-state index contributed by atoms with van der Waals surface area (Å²) in [5.41, 5.74) is 5.21. The van der Waals surface area contributed by atoms with Gasteiger partial charge in [0.2, 0.25) is 11.8 Å². The quantitative estimate of drug-likeness (QED) is 0.572. The molecule has 13 heavy (non-hydrogen) atoms. The third-order valence-electron chi connectivity index (χ3n) is 2.13. The number of amides is 2. The van der Waals surface area contributed by atoms with Crippen molar-refractivity contribution >= 4 is 11.8 Å². The van der Waals surface area contributed by atoms with Crippen molar-refractivity contribution in [3.05, 3.63) is 0 Å². The Morgan fingerprint density at radius 3 is 2.92 bits per heavy atom. The molecular weight excluding hydrogens is 170 g/mol. The van der Waals surface area contributed by atoms with Crippen LogP contribution in [0.1, 0.15) is 12.8 Å². The van der Waals surface area contributed by atoms with Crippen LogP contribution in [0, 0.1) is 0 Å². The highest BCUT2D eigenvalue weighted by Gasteiger charge is 2.29. The van der Waals surface area contributed by atoms with Gasteiger partial charge in [-0.25, -0.2) is 0 Å². The number of hydrogen-bond acceptors (Lipinski definition) is 3. The molecule has 0 aliphatic carbocycles. The first-order valence-corrected chi connectivity index (χ1v) is 4.39. The molecule has 1 rings (SSSR count). The second-order valence-electron chi connectivity index (χ2n) is 3.21. The van der Waals surface area contributed by atoms with Crippen LogP contribution in [0.5, 0.6) is 0 Å². The zero-order valence-corrected chi connectivity index (χ0v) is 7.75. The van der Waals surface area contributed by atoms with Crippen LogP contribution in [0.15, 0.2) is 0 Å². The van der Waals surface area contributed by atoms with Gasteiger partial charge in [0, 0.05) is 26.6 Å². The van der Waals surface area contributed by atoms with Crippen LogP contribution in [0.3, 0.4) is 0 Å². The van der Waals surface area contributed by atoms with E-state index < -0.39 is 0 Å². The van der Waals surface area contributed by atoms with Crippen molar-refractivity contribution in [3.8, 4) is 0 Å². The molecule has 0 aromatic heterocycles. The number of likely N-dealkylation sites (N-methyl/N-ethyl adjacent to an activating group) is 1. The smallest absolute Gasteiger partial charge is 0.244 e. The first kappa shape index (κ1) is 9.98. The van der Waals surface area contributed by atoms with E-state index in [9.17, 15) is 9.59 Å². The Balaban J connectivity index is 2.38. The fourth-order valence-corrected chi connectivity index (χ4v) is 1.35. The molecule has 5 nitrogen and oxygen atoms in total. The lowest BCUT2D eigenvalue weighted by Crippen LogP contribution is -2.41. The zero-order chi connectivity index (χ0) is 9.84. The van der Waals surface area contributed by atoms with Gasteiger partial charge < -0.3 is 16.0 Å². The molecule has 0 spiro atoms. The van der Waals surface area contributed by atoms with Crippen LogP contribution in [0.2, 0.25) is 0 Å². The molecule has 0 bridgehead atoms. The molecule has 1 aliphatic rings. The van der Waals surface area contributed by atoms with Gasteiger partial charge in [0.1, 0.15) is 6.04 Å². The molecule has 5 heteroatoms. The first-order chi connectivity index (χ1) is 6.15. The number of carbonyl (C=O) groups is 2. The van der Waals surface area contributed by atoms with Gasteiger partial charge in [0.25, 0.3) is 0 Å². The highest BCUT2D eigenvalue weighted by Crippen LogP contribution is 2.08. The lowest BCUT2D eigenvalue weighted by Gasteiger charge is -2.11. The van der Waals surface area contributed by atoms with Crippen molar-refractivity contribution in [2.75, 3.05) is 20.1 Å². The van der Waals surface area contributed by atoms with Gasteiger partial charge in [-0.3, -0.25) is 9.59 Å². The predicted octanol–water partition coefficient (Wildman–Crippen LogP) is -1.32. The van der Waals surface area contributed by atoms with Gasteiger partial charge in [-0.1, -0.05) is 0 Å². The maximum atomic E-state index is 11.3. The summed E-state index contributed by atoms with van der Waals surface area (Å²) in [5.74, 6) is -0.151. The van der Waals surface area contributed by atoms with Crippen molar-refractivity contribution in [1.29, 1.82) is 0 Å². The lowest BCUT2D eigenvalue weighted by molar-refractivity contribution is -0.131. The molecule has 1 saturated heterocycles. The third-order valence-corrected chi connectivity index (χ3v) is 2.13. The van der Waals surface area contributed by atoms with Gasteiger partial charge in [-0.05, 0) is 6.42 Å². The van der Waals surface area contributed by atoms with E-state index in [1.807, 2.05) is 0 Å². The number of carbonyl (C=O) groups excluding carboxylic acids is 2. The molecular formula is C8H15N3O2. The maximum absolute atomic E-state index is 11.3. The largest absolute Gasteiger partial charge is 0.344 e. The molecule has 1 fully saturated rings. The molecule has 0 aromatic rings. The van der Waals surface area contributed by atoms with E-state index in [2.05, 4.69) is 5.32 Å². The van der Waals surface area contributed by atoms with E-state index in [4.69, 9.17) is 5.73 Å². The van der Waals surface area contributed by atoms with Crippen LogP contribution in [0.4, 0.5) is 0 Å². The Bertz CT molecular complexity index is 217. The number of hydrogen-bond donors (Lipinski definition) is 2. The molecule has 1 unspecified atom stereocenters. The lowest BCUT2D eigenvalue weighted by atomic mass is 10.2. The van der Waals surface area contributed by atoms with Crippen LogP contribution in [-0.2, 0) is 9.59 Å².